The van der Waals surface area contributed by atoms with E-state index in [2.05, 4.69) is 66.7 Å². The van der Waals surface area contributed by atoms with Crippen LogP contribution in [0.4, 0.5) is 0 Å². The number of fused-ring (bicyclic) bond motifs is 1. The molecule has 1 fully saturated rings. The van der Waals surface area contributed by atoms with Gasteiger partial charge in [-0.05, 0) is 55.1 Å². The molecule has 1 aliphatic heterocycles. The van der Waals surface area contributed by atoms with Gasteiger partial charge in [0.15, 0.2) is 0 Å². The number of carbonyl (C=O) groups excluding carboxylic acids is 1. The summed E-state index contributed by atoms with van der Waals surface area (Å²) in [5, 5.41) is 5.79. The smallest absolute Gasteiger partial charge is 0.224 e. The molecule has 1 amide bonds. The molecule has 0 radical (unpaired) electrons. The first-order valence-corrected chi connectivity index (χ1v) is 9.06. The fraction of sp³-hybridized carbons (Fsp3) is 0.476. The first kappa shape index (κ1) is 17.0. The minimum Gasteiger partial charge on any atom is -0.356 e. The molecule has 1 heterocycles. The molecule has 1 N–H and O–H groups in total. The van der Waals surface area contributed by atoms with Gasteiger partial charge in [-0.3, -0.25) is 4.79 Å². The number of piperidine rings is 1. The van der Waals surface area contributed by atoms with E-state index in [1.807, 2.05) is 0 Å². The Morgan fingerprint density at radius 2 is 2.04 bits per heavy atom. The Balaban J connectivity index is 1.55. The molecule has 2 atom stereocenters. The maximum atomic E-state index is 12.4. The predicted octanol–water partition coefficient (Wildman–Crippen LogP) is 3.48. The molecule has 0 spiro atoms. The van der Waals surface area contributed by atoms with Crippen molar-refractivity contribution in [2.24, 2.45) is 11.8 Å². The average molecular weight is 324 g/mol. The van der Waals surface area contributed by atoms with Crippen molar-refractivity contribution >= 4 is 16.7 Å². The number of carbonyl (C=O) groups is 1. The SMILES string of the molecule is C[C@@H](CNC(=O)[C@@H]1CCCN(C)C1)Cc1cccc2ccccc12. The van der Waals surface area contributed by atoms with Gasteiger partial charge in [0, 0.05) is 13.1 Å². The molecule has 3 rings (SSSR count). The van der Waals surface area contributed by atoms with Gasteiger partial charge >= 0.3 is 0 Å². The van der Waals surface area contributed by atoms with Crippen molar-refractivity contribution in [3.8, 4) is 0 Å². The Bertz CT molecular complexity index is 692. The van der Waals surface area contributed by atoms with E-state index in [1.54, 1.807) is 0 Å². The van der Waals surface area contributed by atoms with Crippen LogP contribution in [0.3, 0.4) is 0 Å². The van der Waals surface area contributed by atoms with E-state index in [0.29, 0.717) is 5.92 Å². The van der Waals surface area contributed by atoms with Crippen molar-refractivity contribution < 1.29 is 4.79 Å². The van der Waals surface area contributed by atoms with Crippen LogP contribution in [0.15, 0.2) is 42.5 Å². The Labute approximate surface area is 145 Å². The van der Waals surface area contributed by atoms with Crippen molar-refractivity contribution in [1.82, 2.24) is 10.2 Å². The second-order valence-corrected chi connectivity index (χ2v) is 7.29. The Hall–Kier alpha value is -1.87. The zero-order valence-electron chi connectivity index (χ0n) is 14.8. The first-order chi connectivity index (χ1) is 11.6. The molecule has 0 aromatic heterocycles. The van der Waals surface area contributed by atoms with Gasteiger partial charge in [-0.1, -0.05) is 49.4 Å². The lowest BCUT2D eigenvalue weighted by Crippen LogP contribution is -2.42. The van der Waals surface area contributed by atoms with Gasteiger partial charge in [0.1, 0.15) is 0 Å². The van der Waals surface area contributed by atoms with E-state index in [1.165, 1.54) is 16.3 Å². The summed E-state index contributed by atoms with van der Waals surface area (Å²) in [6.45, 7) is 4.97. The van der Waals surface area contributed by atoms with Crippen LogP contribution >= 0.6 is 0 Å². The quantitative estimate of drug-likeness (QED) is 0.913. The second kappa shape index (κ2) is 7.80. The number of benzene rings is 2. The summed E-state index contributed by atoms with van der Waals surface area (Å²) < 4.78 is 0. The number of likely N-dealkylation sites (tertiary alicyclic amines) is 1. The van der Waals surface area contributed by atoms with Gasteiger partial charge in [0.05, 0.1) is 5.92 Å². The van der Waals surface area contributed by atoms with E-state index in [0.717, 1.165) is 38.9 Å². The van der Waals surface area contributed by atoms with Gasteiger partial charge in [-0.25, -0.2) is 0 Å². The Morgan fingerprint density at radius 1 is 1.25 bits per heavy atom. The van der Waals surface area contributed by atoms with Crippen molar-refractivity contribution in [3.05, 3.63) is 48.0 Å². The molecule has 0 aliphatic carbocycles. The number of rotatable bonds is 5. The number of hydrogen-bond donors (Lipinski definition) is 1. The zero-order chi connectivity index (χ0) is 16.9. The summed E-state index contributed by atoms with van der Waals surface area (Å²) in [6, 6.07) is 15.0. The molecule has 3 nitrogen and oxygen atoms in total. The molecule has 24 heavy (non-hydrogen) atoms. The van der Waals surface area contributed by atoms with Crippen LogP contribution in [-0.2, 0) is 11.2 Å². The van der Waals surface area contributed by atoms with Crippen LogP contribution in [0.2, 0.25) is 0 Å². The third-order valence-electron chi connectivity index (χ3n) is 5.07. The molecule has 1 aliphatic rings. The third kappa shape index (κ3) is 4.15. The van der Waals surface area contributed by atoms with Crippen LogP contribution in [0.5, 0.6) is 0 Å². The molecule has 128 valence electrons. The molecule has 2 aromatic rings. The molecule has 2 aromatic carbocycles. The van der Waals surface area contributed by atoms with E-state index in [4.69, 9.17) is 0 Å². The Kier molecular flexibility index (Phi) is 5.52. The third-order valence-corrected chi connectivity index (χ3v) is 5.07. The molecule has 0 saturated carbocycles. The highest BCUT2D eigenvalue weighted by molar-refractivity contribution is 5.85. The fourth-order valence-corrected chi connectivity index (χ4v) is 3.72. The maximum Gasteiger partial charge on any atom is 0.224 e. The number of hydrogen-bond acceptors (Lipinski definition) is 2. The van der Waals surface area contributed by atoms with E-state index in [-0.39, 0.29) is 11.8 Å². The molecule has 0 bridgehead atoms. The summed E-state index contributed by atoms with van der Waals surface area (Å²) in [5.74, 6) is 0.820. The van der Waals surface area contributed by atoms with E-state index in [9.17, 15) is 4.79 Å². The second-order valence-electron chi connectivity index (χ2n) is 7.29. The normalized spacial score (nSPS) is 20.0. The van der Waals surface area contributed by atoms with Gasteiger partial charge in [-0.15, -0.1) is 0 Å². The lowest BCUT2D eigenvalue weighted by Gasteiger charge is -2.29. The Morgan fingerprint density at radius 3 is 2.88 bits per heavy atom. The number of amides is 1. The van der Waals surface area contributed by atoms with Crippen molar-refractivity contribution in [1.29, 1.82) is 0 Å². The summed E-state index contributed by atoms with van der Waals surface area (Å²) in [5.41, 5.74) is 1.37. The number of nitrogens with zero attached hydrogens (tertiary/aromatic N) is 1. The average Bonchev–Trinajstić information content (AvgIpc) is 2.60. The molecular formula is C21H28N2O. The minimum absolute atomic E-state index is 0.161. The summed E-state index contributed by atoms with van der Waals surface area (Å²) in [6.07, 6.45) is 3.14. The monoisotopic (exact) mass is 324 g/mol. The topological polar surface area (TPSA) is 32.3 Å². The highest BCUT2D eigenvalue weighted by Gasteiger charge is 2.23. The van der Waals surface area contributed by atoms with Crippen LogP contribution in [0.1, 0.15) is 25.3 Å². The highest BCUT2D eigenvalue weighted by atomic mass is 16.1. The summed E-state index contributed by atoms with van der Waals surface area (Å²) in [7, 11) is 2.10. The minimum atomic E-state index is 0.161. The maximum absolute atomic E-state index is 12.4. The van der Waals surface area contributed by atoms with Gasteiger partial charge in [-0.2, -0.15) is 0 Å². The van der Waals surface area contributed by atoms with Gasteiger partial charge < -0.3 is 10.2 Å². The molecule has 3 heteroatoms. The molecule has 0 unspecified atom stereocenters. The van der Waals surface area contributed by atoms with Crippen LogP contribution < -0.4 is 5.32 Å². The van der Waals surface area contributed by atoms with Gasteiger partial charge in [0.25, 0.3) is 0 Å². The fourth-order valence-electron chi connectivity index (χ4n) is 3.72. The summed E-state index contributed by atoms with van der Waals surface area (Å²) in [4.78, 5) is 14.6. The summed E-state index contributed by atoms with van der Waals surface area (Å²) >= 11 is 0. The van der Waals surface area contributed by atoms with E-state index >= 15 is 0 Å². The lowest BCUT2D eigenvalue weighted by molar-refractivity contribution is -0.126. The van der Waals surface area contributed by atoms with E-state index < -0.39 is 0 Å². The van der Waals surface area contributed by atoms with Crippen LogP contribution in [0, 0.1) is 11.8 Å². The highest BCUT2D eigenvalue weighted by Crippen LogP contribution is 2.21. The van der Waals surface area contributed by atoms with Crippen molar-refractivity contribution in [3.63, 3.8) is 0 Å². The molecule has 1 saturated heterocycles. The van der Waals surface area contributed by atoms with Crippen molar-refractivity contribution in [2.75, 3.05) is 26.7 Å². The molecular weight excluding hydrogens is 296 g/mol. The zero-order valence-corrected chi connectivity index (χ0v) is 14.8. The standard InChI is InChI=1S/C21H28N2O/c1-16(14-22-21(24)19-10-6-12-23(2)15-19)13-18-9-5-8-17-7-3-4-11-20(17)18/h3-5,7-9,11,16,19H,6,10,12-15H2,1-2H3,(H,22,24)/t16-,19-/m1/s1. The van der Waals surface area contributed by atoms with Crippen LogP contribution in [-0.4, -0.2) is 37.5 Å². The van der Waals surface area contributed by atoms with Gasteiger partial charge in [0.2, 0.25) is 5.91 Å². The van der Waals surface area contributed by atoms with Crippen LogP contribution in [0.25, 0.3) is 10.8 Å². The first-order valence-electron chi connectivity index (χ1n) is 9.06. The lowest BCUT2D eigenvalue weighted by atomic mass is 9.95. The largest absolute Gasteiger partial charge is 0.356 e. The number of nitrogens with one attached hydrogen (secondary N) is 1. The predicted molar refractivity (Wildman–Crippen MR) is 100 cm³/mol. The van der Waals surface area contributed by atoms with Crippen molar-refractivity contribution in [2.45, 2.75) is 26.2 Å².